The van der Waals surface area contributed by atoms with E-state index in [4.69, 9.17) is 0 Å². The molecule has 0 bridgehead atoms. The second-order valence-corrected chi connectivity index (χ2v) is 5.43. The van der Waals surface area contributed by atoms with E-state index in [9.17, 15) is 13.8 Å². The number of unbranched alkanes of at least 4 members (excludes halogenated alkanes) is 2. The number of ketones is 1. The quantitative estimate of drug-likeness (QED) is 0.483. The van der Waals surface area contributed by atoms with E-state index in [1.807, 2.05) is 6.92 Å². The molecule has 0 fully saturated rings. The van der Waals surface area contributed by atoms with E-state index in [1.54, 1.807) is 0 Å². The Bertz CT molecular complexity index is 236. The highest BCUT2D eigenvalue weighted by Crippen LogP contribution is 2.52. The van der Waals surface area contributed by atoms with E-state index in [-0.39, 0.29) is 6.42 Å². The minimum atomic E-state index is -3.89. The van der Waals surface area contributed by atoms with Crippen molar-refractivity contribution < 1.29 is 22.8 Å². The molecule has 1 unspecified atom stereocenters. The monoisotopic (exact) mass is 240 g/mol. The number of halogens is 1. The van der Waals surface area contributed by atoms with Gasteiger partial charge in [-0.3, -0.25) is 9.36 Å². The normalized spacial score (nSPS) is 13.9. The molecule has 0 radical (unpaired) electrons. The minimum absolute atomic E-state index is 0.0751. The van der Waals surface area contributed by atoms with Gasteiger partial charge in [0.15, 0.2) is 5.78 Å². The molecule has 90 valence electrons. The molecule has 0 saturated heterocycles. The second-order valence-electron chi connectivity index (χ2n) is 3.16. The lowest BCUT2D eigenvalue weighted by atomic mass is 10.1. The molecular formula is C9H18FO4P. The van der Waals surface area contributed by atoms with Crippen molar-refractivity contribution >= 4 is 13.4 Å². The molecule has 0 aliphatic carbocycles. The third-order valence-electron chi connectivity index (χ3n) is 2.08. The smallest absolute Gasteiger partial charge is 0.310 e. The van der Waals surface area contributed by atoms with Crippen LogP contribution in [0.15, 0.2) is 0 Å². The lowest BCUT2D eigenvalue weighted by Gasteiger charge is -2.16. The van der Waals surface area contributed by atoms with Gasteiger partial charge in [0, 0.05) is 20.6 Å². The van der Waals surface area contributed by atoms with Crippen LogP contribution in [0.5, 0.6) is 0 Å². The Morgan fingerprint density at radius 1 is 1.33 bits per heavy atom. The number of hydrogen-bond donors (Lipinski definition) is 0. The molecule has 0 aromatic rings. The van der Waals surface area contributed by atoms with Gasteiger partial charge in [-0.25, -0.2) is 4.39 Å². The van der Waals surface area contributed by atoms with Crippen LogP contribution in [-0.2, 0) is 18.4 Å². The van der Waals surface area contributed by atoms with E-state index >= 15 is 0 Å². The maximum Gasteiger partial charge on any atom is 0.371 e. The van der Waals surface area contributed by atoms with Crippen molar-refractivity contribution in [3.05, 3.63) is 0 Å². The van der Waals surface area contributed by atoms with Crippen LogP contribution in [0.3, 0.4) is 0 Å². The van der Waals surface area contributed by atoms with Crippen molar-refractivity contribution in [2.24, 2.45) is 0 Å². The van der Waals surface area contributed by atoms with E-state index in [0.29, 0.717) is 6.42 Å². The summed E-state index contributed by atoms with van der Waals surface area (Å²) in [4.78, 5) is 11.3. The van der Waals surface area contributed by atoms with Crippen LogP contribution in [-0.4, -0.2) is 25.9 Å². The highest BCUT2D eigenvalue weighted by atomic mass is 31.2. The van der Waals surface area contributed by atoms with Gasteiger partial charge in [0.1, 0.15) is 0 Å². The first-order valence-electron chi connectivity index (χ1n) is 4.89. The zero-order chi connectivity index (χ0) is 11.9. The first-order valence-corrected chi connectivity index (χ1v) is 6.51. The summed E-state index contributed by atoms with van der Waals surface area (Å²) >= 11 is 0. The molecule has 0 aromatic carbocycles. The third-order valence-corrected chi connectivity index (χ3v) is 3.94. The van der Waals surface area contributed by atoms with E-state index in [1.165, 1.54) is 0 Å². The van der Waals surface area contributed by atoms with Gasteiger partial charge in [-0.05, 0) is 6.42 Å². The Hall–Kier alpha value is -0.250. The molecule has 4 nitrogen and oxygen atoms in total. The Labute approximate surface area is 89.7 Å². The molecule has 6 heteroatoms. The van der Waals surface area contributed by atoms with Crippen molar-refractivity contribution in [3.8, 4) is 0 Å². The van der Waals surface area contributed by atoms with Crippen molar-refractivity contribution in [1.29, 1.82) is 0 Å². The molecule has 0 aliphatic rings. The summed E-state index contributed by atoms with van der Waals surface area (Å²) in [6, 6.07) is 0. The van der Waals surface area contributed by atoms with Crippen LogP contribution in [0.4, 0.5) is 4.39 Å². The van der Waals surface area contributed by atoms with E-state index in [0.717, 1.165) is 27.1 Å². The highest BCUT2D eigenvalue weighted by molar-refractivity contribution is 7.55. The lowest BCUT2D eigenvalue weighted by molar-refractivity contribution is -0.121. The molecule has 1 atom stereocenters. The molecule has 0 aromatic heterocycles. The maximum atomic E-state index is 13.4. The summed E-state index contributed by atoms with van der Waals surface area (Å²) in [6.45, 7) is 1.98. The standard InChI is InChI=1S/C9H18FO4P/c1-4-5-6-7-8(11)9(10)15(12,13-2)14-3/h9H,4-7H2,1-3H3. The van der Waals surface area contributed by atoms with Crippen LogP contribution in [0.2, 0.25) is 0 Å². The Balaban J connectivity index is 4.24. The Morgan fingerprint density at radius 3 is 2.27 bits per heavy atom. The van der Waals surface area contributed by atoms with Crippen molar-refractivity contribution in [2.75, 3.05) is 14.2 Å². The zero-order valence-electron chi connectivity index (χ0n) is 9.36. The van der Waals surface area contributed by atoms with Gasteiger partial charge in [0.25, 0.3) is 5.91 Å². The predicted molar refractivity (Wildman–Crippen MR) is 55.7 cm³/mol. The summed E-state index contributed by atoms with van der Waals surface area (Å²) in [6.07, 6.45) is 2.47. The van der Waals surface area contributed by atoms with Crippen LogP contribution >= 0.6 is 7.60 Å². The minimum Gasteiger partial charge on any atom is -0.310 e. The number of hydrogen-bond acceptors (Lipinski definition) is 4. The molecule has 0 saturated carbocycles. The third kappa shape index (κ3) is 4.41. The fourth-order valence-electron chi connectivity index (χ4n) is 1.10. The topological polar surface area (TPSA) is 52.6 Å². The Morgan fingerprint density at radius 2 is 1.87 bits per heavy atom. The van der Waals surface area contributed by atoms with Gasteiger partial charge in [-0.1, -0.05) is 19.8 Å². The predicted octanol–water partition coefficient (Wildman–Crippen LogP) is 2.92. The number of carbonyl (C=O) groups is 1. The van der Waals surface area contributed by atoms with Gasteiger partial charge >= 0.3 is 7.60 Å². The summed E-state index contributed by atoms with van der Waals surface area (Å²) in [5.74, 6) is -2.88. The van der Waals surface area contributed by atoms with Gasteiger partial charge in [-0.15, -0.1) is 0 Å². The maximum absolute atomic E-state index is 13.4. The van der Waals surface area contributed by atoms with Crippen molar-refractivity contribution in [1.82, 2.24) is 0 Å². The highest BCUT2D eigenvalue weighted by Gasteiger charge is 2.39. The van der Waals surface area contributed by atoms with Gasteiger partial charge in [-0.2, -0.15) is 0 Å². The lowest BCUT2D eigenvalue weighted by Crippen LogP contribution is -2.17. The van der Waals surface area contributed by atoms with Crippen LogP contribution in [0.25, 0.3) is 0 Å². The SMILES string of the molecule is CCCCCC(=O)C(F)P(=O)(OC)OC. The summed E-state index contributed by atoms with van der Waals surface area (Å²) in [5, 5.41) is 0. The van der Waals surface area contributed by atoms with Crippen LogP contribution in [0, 0.1) is 0 Å². The molecule has 0 aliphatic heterocycles. The largest absolute Gasteiger partial charge is 0.371 e. The second kappa shape index (κ2) is 7.09. The molecule has 0 heterocycles. The number of carbonyl (C=O) groups excluding carboxylic acids is 1. The van der Waals surface area contributed by atoms with Gasteiger partial charge in [0.05, 0.1) is 0 Å². The number of alkyl halides is 1. The van der Waals surface area contributed by atoms with Gasteiger partial charge in [0.2, 0.25) is 0 Å². The van der Waals surface area contributed by atoms with Crippen molar-refractivity contribution in [3.63, 3.8) is 0 Å². The zero-order valence-corrected chi connectivity index (χ0v) is 10.3. The van der Waals surface area contributed by atoms with Crippen LogP contribution < -0.4 is 0 Å². The molecule has 0 amide bonds. The summed E-state index contributed by atoms with van der Waals surface area (Å²) in [7, 11) is -1.76. The Kier molecular flexibility index (Phi) is 6.98. The van der Waals surface area contributed by atoms with Crippen molar-refractivity contribution in [2.45, 2.75) is 38.5 Å². The van der Waals surface area contributed by atoms with E-state index < -0.39 is 19.3 Å². The van der Waals surface area contributed by atoms with Gasteiger partial charge < -0.3 is 9.05 Å². The van der Waals surface area contributed by atoms with Crippen LogP contribution in [0.1, 0.15) is 32.6 Å². The summed E-state index contributed by atoms with van der Waals surface area (Å²) < 4.78 is 33.7. The number of rotatable bonds is 8. The molecular weight excluding hydrogens is 222 g/mol. The molecule has 0 spiro atoms. The molecule has 0 N–H and O–H groups in total. The average molecular weight is 240 g/mol. The first-order chi connectivity index (χ1) is 7.01. The fourth-order valence-corrected chi connectivity index (χ4v) is 2.11. The summed E-state index contributed by atoms with van der Waals surface area (Å²) in [5.41, 5.74) is 0. The fraction of sp³-hybridized carbons (Fsp3) is 0.889. The molecule has 0 rings (SSSR count). The molecule has 15 heavy (non-hydrogen) atoms. The number of Topliss-reactive ketones (excluding diaryl/α,β-unsaturated/α-hetero) is 1. The van der Waals surface area contributed by atoms with E-state index in [2.05, 4.69) is 9.05 Å². The average Bonchev–Trinajstić information content (AvgIpc) is 2.27. The first kappa shape index (κ1) is 14.8.